The predicted octanol–water partition coefficient (Wildman–Crippen LogP) is 5.61. The van der Waals surface area contributed by atoms with E-state index in [1.807, 2.05) is 37.9 Å². The summed E-state index contributed by atoms with van der Waals surface area (Å²) in [6, 6.07) is 10.2. The lowest BCUT2D eigenvalue weighted by molar-refractivity contribution is -0.124. The third-order valence-electron chi connectivity index (χ3n) is 8.78. The summed E-state index contributed by atoms with van der Waals surface area (Å²) < 4.78 is 70.8. The number of aliphatic imine (C=N–C) groups is 1. The van der Waals surface area contributed by atoms with Gasteiger partial charge in [-0.2, -0.15) is 13.2 Å². The molecule has 2 aromatic rings. The van der Waals surface area contributed by atoms with Gasteiger partial charge in [-0.25, -0.2) is 13.8 Å². The fourth-order valence-electron chi connectivity index (χ4n) is 6.07. The molecule has 1 N–H and O–H groups in total. The molecule has 5 rings (SSSR count). The summed E-state index contributed by atoms with van der Waals surface area (Å²) in [7, 11) is 1.99. The molecular formula is C32H36F5N5O2. The van der Waals surface area contributed by atoms with Gasteiger partial charge in [0.1, 0.15) is 17.9 Å². The smallest absolute Gasteiger partial charge is 0.367 e. The summed E-state index contributed by atoms with van der Waals surface area (Å²) in [5.41, 5.74) is 0.783. The molecule has 2 saturated heterocycles. The number of halogens is 5. The summed E-state index contributed by atoms with van der Waals surface area (Å²) in [4.78, 5) is 34.6. The zero-order valence-electron chi connectivity index (χ0n) is 24.9. The fraction of sp³-hybridized carbons (Fsp3) is 0.469. The number of anilines is 2. The van der Waals surface area contributed by atoms with Crippen molar-refractivity contribution in [2.45, 2.75) is 57.7 Å². The lowest BCUT2D eigenvalue weighted by Gasteiger charge is -2.44. The van der Waals surface area contributed by atoms with E-state index in [0.29, 0.717) is 69.1 Å². The average Bonchev–Trinajstić information content (AvgIpc) is 2.97. The summed E-state index contributed by atoms with van der Waals surface area (Å²) in [5, 5.41) is 2.61. The third kappa shape index (κ3) is 7.02. The molecule has 0 aliphatic carbocycles. The van der Waals surface area contributed by atoms with Crippen molar-refractivity contribution in [2.75, 3.05) is 43.4 Å². The zero-order valence-corrected chi connectivity index (χ0v) is 24.9. The van der Waals surface area contributed by atoms with Crippen molar-refractivity contribution >= 4 is 29.4 Å². The molecule has 2 aromatic carbocycles. The number of piperazine rings is 1. The number of hydrogen-bond donors (Lipinski definition) is 1. The maximum absolute atomic E-state index is 15.9. The number of hydrogen-bond acceptors (Lipinski definition) is 5. The van der Waals surface area contributed by atoms with Crippen molar-refractivity contribution in [3.63, 3.8) is 0 Å². The lowest BCUT2D eigenvalue weighted by Crippen LogP contribution is -2.55. The predicted molar refractivity (Wildman–Crippen MR) is 160 cm³/mol. The molecule has 12 heteroatoms. The van der Waals surface area contributed by atoms with Crippen LogP contribution in [0.2, 0.25) is 0 Å². The van der Waals surface area contributed by atoms with Gasteiger partial charge >= 0.3 is 6.18 Å². The standard InChI is InChI=1S/C32H36F5N5O2/c1-19-16-42(17-20(2)40(19)3)29-14-27(34)24(22-6-4-5-21(11-22)18-41-9-7-23(33)8-10-41)12-28(29)39-31(44)25-15-38-30(43)13-26(25)32(35,36)37/h4-6,11-15,19-20,23,25H,7-10,16-18H2,1-3H3,(H,39,44)/t19-,20+,25?. The highest BCUT2D eigenvalue weighted by atomic mass is 19.4. The van der Waals surface area contributed by atoms with Gasteiger partial charge in [0, 0.05) is 62.7 Å². The highest BCUT2D eigenvalue weighted by Crippen LogP contribution is 2.38. The molecule has 236 valence electrons. The van der Waals surface area contributed by atoms with Gasteiger partial charge in [0.25, 0.3) is 5.91 Å². The van der Waals surface area contributed by atoms with Crippen LogP contribution in [0.15, 0.2) is 53.0 Å². The number of piperidine rings is 1. The number of dihydropyridines is 1. The lowest BCUT2D eigenvalue weighted by atomic mass is 9.95. The second-order valence-corrected chi connectivity index (χ2v) is 11.9. The first-order valence-electron chi connectivity index (χ1n) is 14.7. The fourth-order valence-corrected chi connectivity index (χ4v) is 6.07. The van der Waals surface area contributed by atoms with Crippen molar-refractivity contribution in [1.82, 2.24) is 9.80 Å². The number of nitrogens with zero attached hydrogens (tertiary/aromatic N) is 4. The van der Waals surface area contributed by atoms with Crippen LogP contribution < -0.4 is 10.2 Å². The molecule has 0 saturated carbocycles. The summed E-state index contributed by atoms with van der Waals surface area (Å²) in [6.45, 7) is 6.84. The van der Waals surface area contributed by atoms with Gasteiger partial charge in [0.15, 0.2) is 0 Å². The third-order valence-corrected chi connectivity index (χ3v) is 8.78. The monoisotopic (exact) mass is 617 g/mol. The number of amides is 2. The number of nitrogens with one attached hydrogen (secondary N) is 1. The summed E-state index contributed by atoms with van der Waals surface area (Å²) in [6.07, 6.45) is -3.77. The second kappa shape index (κ2) is 12.8. The van der Waals surface area contributed by atoms with Crippen LogP contribution >= 0.6 is 0 Å². The minimum atomic E-state index is -4.93. The molecular weight excluding hydrogens is 581 g/mol. The number of alkyl halides is 4. The average molecular weight is 618 g/mol. The van der Waals surface area contributed by atoms with Gasteiger partial charge in [-0.3, -0.25) is 19.4 Å². The van der Waals surface area contributed by atoms with Gasteiger partial charge in [-0.15, -0.1) is 0 Å². The van der Waals surface area contributed by atoms with Gasteiger partial charge in [-0.1, -0.05) is 18.2 Å². The van der Waals surface area contributed by atoms with Crippen molar-refractivity contribution in [2.24, 2.45) is 10.9 Å². The molecule has 1 unspecified atom stereocenters. The Kier molecular flexibility index (Phi) is 9.22. The first kappa shape index (κ1) is 31.8. The Morgan fingerprint density at radius 2 is 1.75 bits per heavy atom. The van der Waals surface area contributed by atoms with Crippen LogP contribution in [0.3, 0.4) is 0 Å². The van der Waals surface area contributed by atoms with Crippen molar-refractivity contribution < 1.29 is 31.5 Å². The molecule has 3 heterocycles. The van der Waals surface area contributed by atoms with Crippen molar-refractivity contribution in [3.8, 4) is 11.1 Å². The van der Waals surface area contributed by atoms with E-state index >= 15 is 4.39 Å². The molecule has 44 heavy (non-hydrogen) atoms. The Morgan fingerprint density at radius 1 is 1.07 bits per heavy atom. The maximum Gasteiger partial charge on any atom is 0.414 e. The number of rotatable bonds is 6. The molecule has 0 aromatic heterocycles. The molecule has 3 aliphatic heterocycles. The van der Waals surface area contributed by atoms with E-state index in [4.69, 9.17) is 0 Å². The molecule has 2 fully saturated rings. The topological polar surface area (TPSA) is 68.2 Å². The molecule has 7 nitrogen and oxygen atoms in total. The van der Waals surface area contributed by atoms with Crippen molar-refractivity contribution in [1.29, 1.82) is 0 Å². The highest BCUT2D eigenvalue weighted by Gasteiger charge is 2.43. The molecule has 3 aliphatic rings. The van der Waals surface area contributed by atoms with Crippen LogP contribution in [0.4, 0.5) is 33.3 Å². The van der Waals surface area contributed by atoms with E-state index in [0.717, 1.165) is 5.56 Å². The van der Waals surface area contributed by atoms with Crippen molar-refractivity contribution in [3.05, 3.63) is 59.4 Å². The second-order valence-electron chi connectivity index (χ2n) is 11.9. The van der Waals surface area contributed by atoms with Crippen LogP contribution in [0.1, 0.15) is 32.3 Å². The van der Waals surface area contributed by atoms with E-state index in [9.17, 15) is 27.2 Å². The van der Waals surface area contributed by atoms with Crippen LogP contribution in [-0.2, 0) is 16.1 Å². The first-order valence-corrected chi connectivity index (χ1v) is 14.7. The normalized spacial score (nSPS) is 24.0. The van der Waals surface area contributed by atoms with E-state index in [1.54, 1.807) is 12.1 Å². The SMILES string of the molecule is C[C@@H]1CN(c2cc(F)c(-c3cccc(CN4CCC(F)CC4)c3)cc2NC(=O)C2C=NC(=O)C=C2C(F)(F)F)C[C@H](C)N1C. The Morgan fingerprint density at radius 3 is 2.41 bits per heavy atom. The van der Waals surface area contributed by atoms with Gasteiger partial charge in [0.05, 0.1) is 16.9 Å². The van der Waals surface area contributed by atoms with E-state index < -0.39 is 41.5 Å². The Bertz CT molecular complexity index is 1460. The van der Waals surface area contributed by atoms with Gasteiger partial charge < -0.3 is 10.2 Å². The minimum absolute atomic E-state index is 0.0837. The summed E-state index contributed by atoms with van der Waals surface area (Å²) in [5.74, 6) is -4.53. The maximum atomic E-state index is 15.9. The minimum Gasteiger partial charge on any atom is -0.367 e. The number of carbonyl (C=O) groups is 2. The Labute approximate surface area is 253 Å². The Hall–Kier alpha value is -3.64. The largest absolute Gasteiger partial charge is 0.414 e. The quantitative estimate of drug-likeness (QED) is 0.427. The zero-order chi connectivity index (χ0) is 31.8. The molecule has 0 radical (unpaired) electrons. The van der Waals surface area contributed by atoms with Crippen LogP contribution in [0, 0.1) is 11.7 Å². The van der Waals surface area contributed by atoms with E-state index in [-0.39, 0.29) is 23.3 Å². The Balaban J connectivity index is 1.50. The van der Waals surface area contributed by atoms with Crippen LogP contribution in [-0.4, -0.2) is 85.5 Å². The number of benzene rings is 2. The highest BCUT2D eigenvalue weighted by molar-refractivity contribution is 6.11. The van der Waals surface area contributed by atoms with E-state index in [2.05, 4.69) is 20.1 Å². The number of likely N-dealkylation sites (tertiary alicyclic amines) is 1. The first-order chi connectivity index (χ1) is 20.8. The van der Waals surface area contributed by atoms with Gasteiger partial charge in [-0.05, 0) is 63.1 Å². The summed E-state index contributed by atoms with van der Waals surface area (Å²) >= 11 is 0. The molecule has 3 atom stereocenters. The van der Waals surface area contributed by atoms with Crippen LogP contribution in [0.5, 0.6) is 0 Å². The molecule has 2 amide bonds. The number of likely N-dealkylation sites (N-methyl/N-ethyl adjacent to an activating group) is 1. The van der Waals surface area contributed by atoms with Crippen LogP contribution in [0.25, 0.3) is 11.1 Å². The van der Waals surface area contributed by atoms with Gasteiger partial charge in [0.2, 0.25) is 5.91 Å². The molecule has 0 spiro atoms. The van der Waals surface area contributed by atoms with E-state index in [1.165, 1.54) is 12.1 Å². The number of carbonyl (C=O) groups excluding carboxylic acids is 2. The molecule has 0 bridgehead atoms.